The first-order valence-electron chi connectivity index (χ1n) is 3.47. The zero-order valence-electron chi connectivity index (χ0n) is 6.57. The van der Waals surface area contributed by atoms with Gasteiger partial charge < -0.3 is 4.42 Å². The van der Waals surface area contributed by atoms with Crippen molar-refractivity contribution in [3.8, 4) is 0 Å². The maximum atomic E-state index is 12.5. The van der Waals surface area contributed by atoms with Crippen LogP contribution in [0.1, 0.15) is 0 Å². The summed E-state index contributed by atoms with van der Waals surface area (Å²) >= 11 is 5.63. The van der Waals surface area contributed by atoms with E-state index in [0.29, 0.717) is 0 Å². The zero-order chi connectivity index (χ0) is 10.3. The van der Waals surface area contributed by atoms with Gasteiger partial charge in [0.05, 0.1) is 5.39 Å². The molecule has 2 rings (SSSR count). The maximum Gasteiger partial charge on any atom is 0.365 e. The Bertz CT molecular complexity index is 592. The zero-order valence-corrected chi connectivity index (χ0v) is 8.14. The molecule has 0 atom stereocenters. The highest BCUT2D eigenvalue weighted by Crippen LogP contribution is 2.27. The van der Waals surface area contributed by atoms with E-state index in [9.17, 15) is 12.3 Å². The SMILES string of the molecule is O=S(=O)(F)c1cc2c(Cl)nccc2o1. The standard InChI is InChI=1S/C7H3ClFNO3S/c8-7-4-3-6(14(9,11)12)13-5(4)1-2-10-7/h1-3H. The number of aromatic nitrogens is 1. The summed E-state index contributed by atoms with van der Waals surface area (Å²) in [6.45, 7) is 0. The van der Waals surface area contributed by atoms with Crippen molar-refractivity contribution in [2.45, 2.75) is 5.09 Å². The number of hydrogen-bond acceptors (Lipinski definition) is 4. The molecule has 0 saturated carbocycles. The van der Waals surface area contributed by atoms with Crippen LogP contribution in [0.5, 0.6) is 0 Å². The lowest BCUT2D eigenvalue weighted by atomic mass is 10.3. The quantitative estimate of drug-likeness (QED) is 0.561. The van der Waals surface area contributed by atoms with E-state index in [1.807, 2.05) is 0 Å². The molecule has 0 saturated heterocycles. The Hall–Kier alpha value is -1.14. The predicted octanol–water partition coefficient (Wildman–Crippen LogP) is 2.14. The minimum Gasteiger partial charge on any atom is -0.442 e. The highest BCUT2D eigenvalue weighted by atomic mass is 35.5. The molecule has 2 aromatic heterocycles. The Morgan fingerprint density at radius 3 is 2.79 bits per heavy atom. The number of pyridine rings is 1. The van der Waals surface area contributed by atoms with Gasteiger partial charge in [0.1, 0.15) is 10.7 Å². The minimum absolute atomic E-state index is 0.0705. The minimum atomic E-state index is -4.83. The first-order chi connectivity index (χ1) is 6.48. The molecule has 0 aromatic carbocycles. The van der Waals surface area contributed by atoms with Crippen LogP contribution in [0.15, 0.2) is 27.8 Å². The fraction of sp³-hybridized carbons (Fsp3) is 0. The summed E-state index contributed by atoms with van der Waals surface area (Å²) in [7, 11) is -4.83. The number of fused-ring (bicyclic) bond motifs is 1. The Kier molecular flexibility index (Phi) is 1.97. The van der Waals surface area contributed by atoms with Crippen molar-refractivity contribution >= 4 is 32.8 Å². The monoisotopic (exact) mass is 235 g/mol. The molecule has 0 aliphatic rings. The van der Waals surface area contributed by atoms with Crippen LogP contribution in [0.4, 0.5) is 3.89 Å². The Labute approximate surface area is 83.5 Å². The highest BCUT2D eigenvalue weighted by Gasteiger charge is 2.19. The molecular formula is C7H3ClFNO3S. The summed E-state index contributed by atoms with van der Waals surface area (Å²) in [6, 6.07) is 2.40. The van der Waals surface area contributed by atoms with Gasteiger partial charge in [-0.1, -0.05) is 15.5 Å². The van der Waals surface area contributed by atoms with Crippen molar-refractivity contribution in [2.75, 3.05) is 0 Å². The van der Waals surface area contributed by atoms with Crippen LogP contribution in [0.25, 0.3) is 11.0 Å². The van der Waals surface area contributed by atoms with Gasteiger partial charge >= 0.3 is 10.2 Å². The molecule has 74 valence electrons. The third-order valence-electron chi connectivity index (χ3n) is 1.61. The molecule has 0 amide bonds. The second-order valence-electron chi connectivity index (χ2n) is 2.52. The molecule has 14 heavy (non-hydrogen) atoms. The number of rotatable bonds is 1. The van der Waals surface area contributed by atoms with Gasteiger partial charge in [0, 0.05) is 12.3 Å². The van der Waals surface area contributed by atoms with Gasteiger partial charge in [-0.2, -0.15) is 8.42 Å². The van der Waals surface area contributed by atoms with Crippen LogP contribution in [-0.2, 0) is 10.2 Å². The lowest BCUT2D eigenvalue weighted by Gasteiger charge is -1.87. The third kappa shape index (κ3) is 1.46. The van der Waals surface area contributed by atoms with Crippen LogP contribution >= 0.6 is 11.6 Å². The normalized spacial score (nSPS) is 12.1. The molecule has 2 aromatic rings. The van der Waals surface area contributed by atoms with Gasteiger partial charge in [-0.3, -0.25) is 0 Å². The summed E-state index contributed by atoms with van der Waals surface area (Å²) < 4.78 is 38.2. The lowest BCUT2D eigenvalue weighted by Crippen LogP contribution is -1.86. The average molecular weight is 236 g/mol. The lowest BCUT2D eigenvalue weighted by molar-refractivity contribution is 0.460. The van der Waals surface area contributed by atoms with Gasteiger partial charge in [0.25, 0.3) is 5.09 Å². The van der Waals surface area contributed by atoms with Gasteiger partial charge in [0.2, 0.25) is 0 Å². The molecule has 0 fully saturated rings. The van der Waals surface area contributed by atoms with Crippen LogP contribution in [-0.4, -0.2) is 13.4 Å². The van der Waals surface area contributed by atoms with Gasteiger partial charge in [-0.25, -0.2) is 4.98 Å². The van der Waals surface area contributed by atoms with Crippen molar-refractivity contribution in [1.29, 1.82) is 0 Å². The number of halogens is 2. The Morgan fingerprint density at radius 1 is 1.50 bits per heavy atom. The highest BCUT2D eigenvalue weighted by molar-refractivity contribution is 7.86. The van der Waals surface area contributed by atoms with Crippen LogP contribution in [0.3, 0.4) is 0 Å². The first-order valence-corrected chi connectivity index (χ1v) is 5.23. The van der Waals surface area contributed by atoms with Crippen LogP contribution < -0.4 is 0 Å². The Morgan fingerprint density at radius 2 is 2.21 bits per heavy atom. The number of nitrogens with zero attached hydrogens (tertiary/aromatic N) is 1. The molecule has 0 aliphatic carbocycles. The fourth-order valence-corrected chi connectivity index (χ4v) is 1.68. The van der Waals surface area contributed by atoms with E-state index in [4.69, 9.17) is 16.0 Å². The number of hydrogen-bond donors (Lipinski definition) is 0. The summed E-state index contributed by atoms with van der Waals surface area (Å²) in [5.74, 6) is 0. The predicted molar refractivity (Wildman–Crippen MR) is 47.3 cm³/mol. The van der Waals surface area contributed by atoms with E-state index in [1.54, 1.807) is 0 Å². The van der Waals surface area contributed by atoms with E-state index >= 15 is 0 Å². The summed E-state index contributed by atoms with van der Waals surface area (Å²) in [5, 5.41) is -0.422. The molecule has 7 heteroatoms. The average Bonchev–Trinajstić information content (AvgIpc) is 2.48. The first kappa shape index (κ1) is 9.42. The smallest absolute Gasteiger partial charge is 0.365 e. The van der Waals surface area contributed by atoms with E-state index in [1.165, 1.54) is 12.3 Å². The van der Waals surface area contributed by atoms with Crippen molar-refractivity contribution in [3.05, 3.63) is 23.5 Å². The molecule has 2 heterocycles. The molecule has 0 aliphatic heterocycles. The van der Waals surface area contributed by atoms with Gasteiger partial charge in [0.15, 0.2) is 0 Å². The van der Waals surface area contributed by atoms with E-state index < -0.39 is 15.3 Å². The maximum absolute atomic E-state index is 12.5. The van der Waals surface area contributed by atoms with E-state index in [-0.39, 0.29) is 16.1 Å². The molecule has 0 radical (unpaired) electrons. The summed E-state index contributed by atoms with van der Waals surface area (Å²) in [5.41, 5.74) is 0.182. The van der Waals surface area contributed by atoms with E-state index in [0.717, 1.165) is 6.07 Å². The molecule has 0 spiro atoms. The van der Waals surface area contributed by atoms with Crippen molar-refractivity contribution in [1.82, 2.24) is 4.98 Å². The topological polar surface area (TPSA) is 60.2 Å². The van der Waals surface area contributed by atoms with Crippen molar-refractivity contribution in [2.24, 2.45) is 0 Å². The fourth-order valence-electron chi connectivity index (χ4n) is 1.03. The van der Waals surface area contributed by atoms with Crippen molar-refractivity contribution in [3.63, 3.8) is 0 Å². The van der Waals surface area contributed by atoms with E-state index in [2.05, 4.69) is 4.98 Å². The van der Waals surface area contributed by atoms with Gasteiger partial charge in [-0.15, -0.1) is 0 Å². The summed E-state index contributed by atoms with van der Waals surface area (Å²) in [6.07, 6.45) is 1.34. The Balaban J connectivity index is 2.81. The van der Waals surface area contributed by atoms with Crippen LogP contribution in [0, 0.1) is 0 Å². The molecule has 0 unspecified atom stereocenters. The molecule has 0 bridgehead atoms. The molecule has 0 N–H and O–H groups in total. The molecule has 4 nitrogen and oxygen atoms in total. The second kappa shape index (κ2) is 2.93. The summed E-state index contributed by atoms with van der Waals surface area (Å²) in [4.78, 5) is 3.69. The largest absolute Gasteiger partial charge is 0.442 e. The second-order valence-corrected chi connectivity index (χ2v) is 4.15. The molecular weight excluding hydrogens is 233 g/mol. The van der Waals surface area contributed by atoms with Crippen LogP contribution in [0.2, 0.25) is 5.15 Å². The van der Waals surface area contributed by atoms with Crippen molar-refractivity contribution < 1.29 is 16.7 Å². The third-order valence-corrected chi connectivity index (χ3v) is 2.60. The van der Waals surface area contributed by atoms with Gasteiger partial charge in [-0.05, 0) is 6.07 Å². The number of furan rings is 1.